The van der Waals surface area contributed by atoms with Crippen molar-refractivity contribution in [2.24, 2.45) is 0 Å². The van der Waals surface area contributed by atoms with Gasteiger partial charge < -0.3 is 9.64 Å². The summed E-state index contributed by atoms with van der Waals surface area (Å²) in [6.07, 6.45) is 5.82. The van der Waals surface area contributed by atoms with Crippen LogP contribution < -0.4 is 0 Å². The largest absolute Gasteiger partial charge is 0.372 e. The summed E-state index contributed by atoms with van der Waals surface area (Å²) in [7, 11) is 3.48. The van der Waals surface area contributed by atoms with Gasteiger partial charge in [0.25, 0.3) is 5.91 Å². The molecule has 0 aromatic carbocycles. The molecule has 1 fully saturated rings. The highest BCUT2D eigenvalue weighted by Crippen LogP contribution is 2.22. The molecule has 0 radical (unpaired) electrons. The molecule has 0 spiro atoms. The van der Waals surface area contributed by atoms with Gasteiger partial charge in [-0.25, -0.2) is 0 Å². The van der Waals surface area contributed by atoms with Gasteiger partial charge in [0, 0.05) is 20.2 Å². The maximum Gasteiger partial charge on any atom is 0.251 e. The average molecular weight is 199 g/mol. The van der Waals surface area contributed by atoms with Crippen molar-refractivity contribution in [1.82, 2.24) is 4.90 Å². The van der Waals surface area contributed by atoms with E-state index in [-0.39, 0.29) is 12.0 Å². The van der Waals surface area contributed by atoms with Gasteiger partial charge in [-0.15, -0.1) is 0 Å². The number of carbonyl (C=O) groups excluding carboxylic acids is 1. The number of likely N-dealkylation sites (N-methyl/N-ethyl adjacent to an activating group) is 1. The Balaban J connectivity index is 2.45. The summed E-state index contributed by atoms with van der Waals surface area (Å²) in [4.78, 5) is 13.6. The van der Waals surface area contributed by atoms with E-state index < -0.39 is 0 Å². The van der Waals surface area contributed by atoms with Crippen LogP contribution in [0.15, 0.2) is 0 Å². The normalized spacial score (nSPS) is 20.5. The van der Waals surface area contributed by atoms with E-state index in [2.05, 4.69) is 0 Å². The number of rotatable bonds is 3. The standard InChI is InChI=1S/C11H21NO2/c1-9(14-3)11(13)12(2)10-7-5-4-6-8-10/h9-10H,4-8H2,1-3H3. The van der Waals surface area contributed by atoms with Crippen LogP contribution in [0.4, 0.5) is 0 Å². The molecule has 1 saturated carbocycles. The second kappa shape index (κ2) is 5.35. The zero-order valence-electron chi connectivity index (χ0n) is 9.45. The topological polar surface area (TPSA) is 29.5 Å². The van der Waals surface area contributed by atoms with Crippen molar-refractivity contribution in [1.29, 1.82) is 0 Å². The predicted molar refractivity (Wildman–Crippen MR) is 56.1 cm³/mol. The van der Waals surface area contributed by atoms with Crippen LogP contribution in [0.25, 0.3) is 0 Å². The molecule has 0 aliphatic heterocycles. The van der Waals surface area contributed by atoms with Gasteiger partial charge in [0.05, 0.1) is 0 Å². The number of hydrogen-bond acceptors (Lipinski definition) is 2. The smallest absolute Gasteiger partial charge is 0.251 e. The first kappa shape index (κ1) is 11.5. The fourth-order valence-corrected chi connectivity index (χ4v) is 2.04. The molecule has 1 aliphatic carbocycles. The Bertz CT molecular complexity index is 188. The van der Waals surface area contributed by atoms with Gasteiger partial charge in [-0.1, -0.05) is 19.3 Å². The molecule has 1 atom stereocenters. The van der Waals surface area contributed by atoms with Gasteiger partial charge in [-0.05, 0) is 19.8 Å². The van der Waals surface area contributed by atoms with Crippen LogP contribution in [-0.4, -0.2) is 37.1 Å². The molecule has 0 N–H and O–H groups in total. The van der Waals surface area contributed by atoms with Crippen LogP contribution in [0.1, 0.15) is 39.0 Å². The Labute approximate surface area is 86.4 Å². The number of ether oxygens (including phenoxy) is 1. The van der Waals surface area contributed by atoms with E-state index in [1.54, 1.807) is 7.11 Å². The maximum atomic E-state index is 11.8. The quantitative estimate of drug-likeness (QED) is 0.694. The highest BCUT2D eigenvalue weighted by atomic mass is 16.5. The van der Waals surface area contributed by atoms with Crippen LogP contribution in [0.5, 0.6) is 0 Å². The molecule has 1 rings (SSSR count). The van der Waals surface area contributed by atoms with E-state index in [4.69, 9.17) is 4.74 Å². The lowest BCUT2D eigenvalue weighted by atomic mass is 9.94. The van der Waals surface area contributed by atoms with Crippen LogP contribution in [0, 0.1) is 0 Å². The van der Waals surface area contributed by atoms with Crippen molar-refractivity contribution in [3.05, 3.63) is 0 Å². The summed E-state index contributed by atoms with van der Waals surface area (Å²) in [6.45, 7) is 1.81. The van der Waals surface area contributed by atoms with Crippen molar-refractivity contribution in [3.63, 3.8) is 0 Å². The molecule has 1 amide bonds. The van der Waals surface area contributed by atoms with Gasteiger partial charge in [-0.3, -0.25) is 4.79 Å². The minimum absolute atomic E-state index is 0.111. The van der Waals surface area contributed by atoms with E-state index >= 15 is 0 Å². The second-order valence-corrected chi connectivity index (χ2v) is 4.12. The summed E-state index contributed by atoms with van der Waals surface area (Å²) in [5, 5.41) is 0. The highest BCUT2D eigenvalue weighted by Gasteiger charge is 2.25. The molecule has 0 heterocycles. The van der Waals surface area contributed by atoms with Gasteiger partial charge >= 0.3 is 0 Å². The lowest BCUT2D eigenvalue weighted by Crippen LogP contribution is -2.43. The molecule has 82 valence electrons. The molecule has 0 bridgehead atoms. The molecule has 14 heavy (non-hydrogen) atoms. The zero-order chi connectivity index (χ0) is 10.6. The first-order valence-corrected chi connectivity index (χ1v) is 5.46. The van der Waals surface area contributed by atoms with Gasteiger partial charge in [-0.2, -0.15) is 0 Å². The Hall–Kier alpha value is -0.570. The Kier molecular flexibility index (Phi) is 4.39. The number of methoxy groups -OCH3 is 1. The zero-order valence-corrected chi connectivity index (χ0v) is 9.45. The van der Waals surface area contributed by atoms with Crippen molar-refractivity contribution >= 4 is 5.91 Å². The molecule has 0 aromatic rings. The molecular formula is C11H21NO2. The third-order valence-electron chi connectivity index (χ3n) is 3.17. The highest BCUT2D eigenvalue weighted by molar-refractivity contribution is 5.80. The predicted octanol–water partition coefficient (Wildman–Crippen LogP) is 1.81. The monoisotopic (exact) mass is 199 g/mol. The van der Waals surface area contributed by atoms with Crippen LogP contribution in [0.3, 0.4) is 0 Å². The number of amides is 1. The Morgan fingerprint density at radius 2 is 1.93 bits per heavy atom. The van der Waals surface area contributed by atoms with Crippen molar-refractivity contribution in [3.8, 4) is 0 Å². The molecule has 0 saturated heterocycles. The summed E-state index contributed by atoms with van der Waals surface area (Å²) in [6, 6.07) is 0.439. The molecule has 1 aliphatic rings. The average Bonchev–Trinajstić information content (AvgIpc) is 2.27. The summed E-state index contributed by atoms with van der Waals surface area (Å²) in [5.41, 5.74) is 0. The van der Waals surface area contributed by atoms with Crippen molar-refractivity contribution in [2.75, 3.05) is 14.2 Å². The number of nitrogens with zero attached hydrogens (tertiary/aromatic N) is 1. The molecule has 1 unspecified atom stereocenters. The van der Waals surface area contributed by atoms with Gasteiger partial charge in [0.1, 0.15) is 6.10 Å². The van der Waals surface area contributed by atoms with Crippen LogP contribution >= 0.6 is 0 Å². The lowest BCUT2D eigenvalue weighted by molar-refractivity contribution is -0.142. The van der Waals surface area contributed by atoms with E-state index in [0.29, 0.717) is 6.04 Å². The first-order chi connectivity index (χ1) is 6.66. The summed E-state index contributed by atoms with van der Waals surface area (Å²) in [5.74, 6) is 0.111. The fourth-order valence-electron chi connectivity index (χ4n) is 2.04. The van der Waals surface area contributed by atoms with Crippen LogP contribution in [-0.2, 0) is 9.53 Å². The molecular weight excluding hydrogens is 178 g/mol. The fraction of sp³-hybridized carbons (Fsp3) is 0.909. The summed E-state index contributed by atoms with van der Waals surface area (Å²) >= 11 is 0. The van der Waals surface area contributed by atoms with Crippen molar-refractivity contribution in [2.45, 2.75) is 51.2 Å². The van der Waals surface area contributed by atoms with Gasteiger partial charge in [0.15, 0.2) is 0 Å². The SMILES string of the molecule is COC(C)C(=O)N(C)C1CCCCC1. The van der Waals surface area contributed by atoms with Crippen molar-refractivity contribution < 1.29 is 9.53 Å². The number of hydrogen-bond donors (Lipinski definition) is 0. The van der Waals surface area contributed by atoms with E-state index in [9.17, 15) is 4.79 Å². The molecule has 3 nitrogen and oxygen atoms in total. The lowest BCUT2D eigenvalue weighted by Gasteiger charge is -2.32. The minimum atomic E-state index is -0.304. The van der Waals surface area contributed by atoms with E-state index in [0.717, 1.165) is 12.8 Å². The first-order valence-electron chi connectivity index (χ1n) is 5.46. The number of carbonyl (C=O) groups is 1. The van der Waals surface area contributed by atoms with E-state index in [1.165, 1.54) is 19.3 Å². The second-order valence-electron chi connectivity index (χ2n) is 4.12. The van der Waals surface area contributed by atoms with Gasteiger partial charge in [0.2, 0.25) is 0 Å². The van der Waals surface area contributed by atoms with E-state index in [1.807, 2.05) is 18.9 Å². The molecule has 3 heteroatoms. The minimum Gasteiger partial charge on any atom is -0.372 e. The summed E-state index contributed by atoms with van der Waals surface area (Å²) < 4.78 is 5.03. The third-order valence-corrected chi connectivity index (χ3v) is 3.17. The van der Waals surface area contributed by atoms with Crippen LogP contribution in [0.2, 0.25) is 0 Å². The maximum absolute atomic E-state index is 11.8. The Morgan fingerprint density at radius 1 is 1.36 bits per heavy atom. The Morgan fingerprint density at radius 3 is 2.43 bits per heavy atom. The third kappa shape index (κ3) is 2.71. The molecule has 0 aromatic heterocycles.